The molecule has 30 heavy (non-hydrogen) atoms. The summed E-state index contributed by atoms with van der Waals surface area (Å²) in [4.78, 5) is 13.0. The zero-order chi connectivity index (χ0) is 21.1. The van der Waals surface area contributed by atoms with Crippen LogP contribution in [0.25, 0.3) is 10.8 Å². The summed E-state index contributed by atoms with van der Waals surface area (Å²) in [6.07, 6.45) is 1.06. The van der Waals surface area contributed by atoms with E-state index in [0.717, 1.165) is 16.3 Å². The normalized spacial score (nSPS) is 17.0. The summed E-state index contributed by atoms with van der Waals surface area (Å²) in [6, 6.07) is 22.7. The number of hydrogen-bond donors (Lipinski definition) is 1. The average Bonchev–Trinajstić information content (AvgIpc) is 2.79. The van der Waals surface area contributed by atoms with E-state index in [1.165, 1.54) is 4.31 Å². The maximum Gasteiger partial charge on any atom is 0.243 e. The molecule has 1 unspecified atom stereocenters. The average molecular weight is 423 g/mol. The van der Waals surface area contributed by atoms with E-state index < -0.39 is 10.0 Å². The Morgan fingerprint density at radius 1 is 0.933 bits per heavy atom. The molecular weight excluding hydrogens is 396 g/mol. The van der Waals surface area contributed by atoms with Crippen molar-refractivity contribution >= 4 is 26.7 Å². The molecule has 1 aliphatic heterocycles. The molecule has 0 spiro atoms. The quantitative estimate of drug-likeness (QED) is 0.673. The van der Waals surface area contributed by atoms with Crippen molar-refractivity contribution in [2.24, 2.45) is 5.92 Å². The molecular formula is C24H26N2O3S. The van der Waals surface area contributed by atoms with Crippen LogP contribution >= 0.6 is 0 Å². The summed E-state index contributed by atoms with van der Waals surface area (Å²) in [7, 11) is -3.57. The Labute approximate surface area is 177 Å². The van der Waals surface area contributed by atoms with E-state index in [9.17, 15) is 13.2 Å². The first-order chi connectivity index (χ1) is 14.4. The first kappa shape index (κ1) is 20.6. The van der Waals surface area contributed by atoms with E-state index in [-0.39, 0.29) is 17.9 Å². The Balaban J connectivity index is 1.40. The number of hydrogen-bond acceptors (Lipinski definition) is 3. The molecule has 0 radical (unpaired) electrons. The van der Waals surface area contributed by atoms with Gasteiger partial charge in [-0.3, -0.25) is 4.79 Å². The third-order valence-corrected chi connectivity index (χ3v) is 7.74. The molecule has 3 aromatic carbocycles. The fourth-order valence-electron chi connectivity index (χ4n) is 3.99. The lowest BCUT2D eigenvalue weighted by atomic mass is 9.96. The number of sulfonamides is 1. The highest BCUT2D eigenvalue weighted by atomic mass is 32.2. The molecule has 0 aliphatic carbocycles. The van der Waals surface area contributed by atoms with Gasteiger partial charge in [0, 0.05) is 19.0 Å². The molecule has 6 heteroatoms. The summed E-state index contributed by atoms with van der Waals surface area (Å²) in [5.41, 5.74) is 1.06. The highest BCUT2D eigenvalue weighted by molar-refractivity contribution is 7.89. The molecule has 4 rings (SSSR count). The van der Waals surface area contributed by atoms with Crippen LogP contribution in [-0.2, 0) is 14.8 Å². The van der Waals surface area contributed by atoms with Gasteiger partial charge in [0.25, 0.3) is 0 Å². The fourth-order valence-corrected chi connectivity index (χ4v) is 5.50. The van der Waals surface area contributed by atoms with Crippen molar-refractivity contribution in [3.05, 3.63) is 78.4 Å². The van der Waals surface area contributed by atoms with Crippen LogP contribution in [0, 0.1) is 5.92 Å². The van der Waals surface area contributed by atoms with Gasteiger partial charge in [-0.2, -0.15) is 4.31 Å². The van der Waals surface area contributed by atoms with E-state index in [1.54, 1.807) is 12.1 Å². The van der Waals surface area contributed by atoms with Crippen molar-refractivity contribution in [1.29, 1.82) is 0 Å². The van der Waals surface area contributed by atoms with Crippen molar-refractivity contribution in [2.45, 2.75) is 30.7 Å². The zero-order valence-electron chi connectivity index (χ0n) is 17.0. The molecule has 0 bridgehead atoms. The molecule has 3 aromatic rings. The lowest BCUT2D eigenvalue weighted by molar-refractivity contribution is -0.126. The van der Waals surface area contributed by atoms with Crippen molar-refractivity contribution in [1.82, 2.24) is 9.62 Å². The summed E-state index contributed by atoms with van der Waals surface area (Å²) in [5.74, 6) is -0.173. The van der Waals surface area contributed by atoms with Gasteiger partial charge in [0.05, 0.1) is 10.9 Å². The number of nitrogens with zero attached hydrogens (tertiary/aromatic N) is 1. The highest BCUT2D eigenvalue weighted by Crippen LogP contribution is 2.27. The number of carbonyl (C=O) groups is 1. The Hall–Kier alpha value is -2.70. The van der Waals surface area contributed by atoms with Crippen molar-refractivity contribution in [3.63, 3.8) is 0 Å². The standard InChI is InChI=1S/C24H26N2O3S/c1-18(19-7-3-2-4-8-19)25-24(27)21-13-15-26(16-14-21)30(28,29)23-12-11-20-9-5-6-10-22(20)17-23/h2-12,17-18,21H,13-16H2,1H3,(H,25,27). The Morgan fingerprint density at radius 2 is 1.57 bits per heavy atom. The zero-order valence-corrected chi connectivity index (χ0v) is 17.8. The van der Waals surface area contributed by atoms with Gasteiger partial charge in [-0.1, -0.05) is 60.7 Å². The van der Waals surface area contributed by atoms with Crippen molar-refractivity contribution in [2.75, 3.05) is 13.1 Å². The minimum atomic E-state index is -3.57. The van der Waals surface area contributed by atoms with E-state index in [2.05, 4.69) is 5.32 Å². The van der Waals surface area contributed by atoms with Crippen LogP contribution in [0.15, 0.2) is 77.7 Å². The molecule has 1 atom stereocenters. The second-order valence-electron chi connectivity index (χ2n) is 7.83. The number of rotatable bonds is 5. The van der Waals surface area contributed by atoms with E-state index in [0.29, 0.717) is 30.8 Å². The van der Waals surface area contributed by atoms with Crippen LogP contribution < -0.4 is 5.32 Å². The second kappa shape index (κ2) is 8.58. The SMILES string of the molecule is CC(NC(=O)C1CCN(S(=O)(=O)c2ccc3ccccc3c2)CC1)c1ccccc1. The summed E-state index contributed by atoms with van der Waals surface area (Å²) >= 11 is 0. The largest absolute Gasteiger partial charge is 0.349 e. The fraction of sp³-hybridized carbons (Fsp3) is 0.292. The molecule has 156 valence electrons. The monoisotopic (exact) mass is 422 g/mol. The van der Waals surface area contributed by atoms with Crippen LogP contribution in [-0.4, -0.2) is 31.7 Å². The summed E-state index contributed by atoms with van der Waals surface area (Å²) in [5, 5.41) is 4.98. The van der Waals surface area contributed by atoms with Crippen LogP contribution in [0.2, 0.25) is 0 Å². The summed E-state index contributed by atoms with van der Waals surface area (Å²) in [6.45, 7) is 2.67. The minimum absolute atomic E-state index is 0.00546. The van der Waals surface area contributed by atoms with Crippen molar-refractivity contribution < 1.29 is 13.2 Å². The third kappa shape index (κ3) is 4.25. The molecule has 0 aromatic heterocycles. The van der Waals surface area contributed by atoms with Gasteiger partial charge in [-0.05, 0) is 48.2 Å². The maximum absolute atomic E-state index is 13.1. The number of nitrogens with one attached hydrogen (secondary N) is 1. The number of carbonyl (C=O) groups excluding carboxylic acids is 1. The molecule has 1 amide bonds. The van der Waals surface area contributed by atoms with Crippen LogP contribution in [0.5, 0.6) is 0 Å². The van der Waals surface area contributed by atoms with E-state index in [1.807, 2.05) is 67.6 Å². The summed E-state index contributed by atoms with van der Waals surface area (Å²) < 4.78 is 27.7. The van der Waals surface area contributed by atoms with Gasteiger partial charge in [0.15, 0.2) is 0 Å². The lowest BCUT2D eigenvalue weighted by Crippen LogP contribution is -2.43. The molecule has 1 fully saturated rings. The van der Waals surface area contributed by atoms with Gasteiger partial charge >= 0.3 is 0 Å². The predicted octanol–water partition coefficient (Wildman–Crippen LogP) is 4.12. The van der Waals surface area contributed by atoms with E-state index >= 15 is 0 Å². The van der Waals surface area contributed by atoms with Gasteiger partial charge < -0.3 is 5.32 Å². The first-order valence-electron chi connectivity index (χ1n) is 10.3. The third-order valence-electron chi connectivity index (χ3n) is 5.84. The number of benzene rings is 3. The Kier molecular flexibility index (Phi) is 5.88. The molecule has 0 saturated carbocycles. The lowest BCUT2D eigenvalue weighted by Gasteiger charge is -2.31. The maximum atomic E-state index is 13.1. The van der Waals surface area contributed by atoms with Gasteiger partial charge in [0.1, 0.15) is 0 Å². The molecule has 1 saturated heterocycles. The number of fused-ring (bicyclic) bond motifs is 1. The second-order valence-corrected chi connectivity index (χ2v) is 9.77. The Bertz CT molecular complexity index is 1140. The molecule has 1 N–H and O–H groups in total. The van der Waals surface area contributed by atoms with Crippen LogP contribution in [0.1, 0.15) is 31.4 Å². The van der Waals surface area contributed by atoms with E-state index in [4.69, 9.17) is 0 Å². The smallest absolute Gasteiger partial charge is 0.243 e. The molecule has 1 heterocycles. The Morgan fingerprint density at radius 3 is 2.27 bits per heavy atom. The topological polar surface area (TPSA) is 66.5 Å². The number of piperidine rings is 1. The van der Waals surface area contributed by atoms with Gasteiger partial charge in [-0.15, -0.1) is 0 Å². The molecule has 1 aliphatic rings. The minimum Gasteiger partial charge on any atom is -0.349 e. The predicted molar refractivity (Wildman–Crippen MR) is 118 cm³/mol. The van der Waals surface area contributed by atoms with Gasteiger partial charge in [-0.25, -0.2) is 8.42 Å². The molecule has 5 nitrogen and oxygen atoms in total. The highest BCUT2D eigenvalue weighted by Gasteiger charge is 2.32. The first-order valence-corrected chi connectivity index (χ1v) is 11.7. The van der Waals surface area contributed by atoms with Crippen LogP contribution in [0.4, 0.5) is 0 Å². The van der Waals surface area contributed by atoms with Crippen molar-refractivity contribution in [3.8, 4) is 0 Å². The van der Waals surface area contributed by atoms with Gasteiger partial charge in [0.2, 0.25) is 15.9 Å². The van der Waals surface area contributed by atoms with Crippen LogP contribution in [0.3, 0.4) is 0 Å². The number of amides is 1.